The highest BCUT2D eigenvalue weighted by molar-refractivity contribution is 7.99. The minimum absolute atomic E-state index is 0.151. The first kappa shape index (κ1) is 20.0. The van der Waals surface area contributed by atoms with Crippen LogP contribution in [0.15, 0.2) is 88.2 Å². The molecule has 1 aliphatic rings. The van der Waals surface area contributed by atoms with Crippen molar-refractivity contribution in [3.63, 3.8) is 0 Å². The molecule has 0 aliphatic carbocycles. The smallest absolute Gasteiger partial charge is 0.235 e. The van der Waals surface area contributed by atoms with Crippen molar-refractivity contribution in [2.75, 3.05) is 5.75 Å². The molecule has 1 atom stereocenters. The number of hydrogen-bond donors (Lipinski definition) is 1. The number of para-hydroxylation sites is 2. The quantitative estimate of drug-likeness (QED) is 0.484. The monoisotopic (exact) mass is 415 g/mol. The maximum absolute atomic E-state index is 12.8. The minimum atomic E-state index is -0.217. The zero-order valence-corrected chi connectivity index (χ0v) is 17.3. The van der Waals surface area contributed by atoms with E-state index in [1.165, 1.54) is 11.8 Å². The Balaban J connectivity index is 1.66. The molecule has 0 radical (unpaired) electrons. The Kier molecular flexibility index (Phi) is 6.29. The minimum Gasteiger partial charge on any atom is -0.313 e. The molecular formula is C23H21N5OS. The maximum atomic E-state index is 12.8. The number of carbonyl (C=O) groups is 1. The number of thioether (sulfide) groups is 1. The van der Waals surface area contributed by atoms with E-state index in [1.54, 1.807) is 18.5 Å². The fourth-order valence-corrected chi connectivity index (χ4v) is 3.88. The van der Waals surface area contributed by atoms with E-state index in [4.69, 9.17) is 9.98 Å². The maximum Gasteiger partial charge on any atom is 0.235 e. The number of rotatable bonds is 5. The lowest BCUT2D eigenvalue weighted by Gasteiger charge is -2.20. The first-order valence-electron chi connectivity index (χ1n) is 9.74. The van der Waals surface area contributed by atoms with Crippen molar-refractivity contribution < 1.29 is 4.79 Å². The molecule has 7 heteroatoms. The number of aromatic nitrogens is 2. The lowest BCUT2D eigenvalue weighted by Crippen LogP contribution is -2.38. The molecule has 6 nitrogen and oxygen atoms in total. The van der Waals surface area contributed by atoms with E-state index < -0.39 is 0 Å². The third-order valence-corrected chi connectivity index (χ3v) is 5.51. The number of carbonyl (C=O) groups excluding carboxylic acids is 1. The average molecular weight is 416 g/mol. The second-order valence-corrected chi connectivity index (χ2v) is 7.60. The predicted octanol–water partition coefficient (Wildman–Crippen LogP) is 4.70. The number of amides is 1. The van der Waals surface area contributed by atoms with Gasteiger partial charge in [-0.15, -0.1) is 0 Å². The molecule has 0 saturated heterocycles. The Morgan fingerprint density at radius 3 is 2.30 bits per heavy atom. The van der Waals surface area contributed by atoms with Gasteiger partial charge in [0, 0.05) is 18.1 Å². The lowest BCUT2D eigenvalue weighted by atomic mass is 9.91. The number of hydrogen-bond acceptors (Lipinski definition) is 6. The van der Waals surface area contributed by atoms with Crippen molar-refractivity contribution in [2.45, 2.75) is 24.4 Å². The Hall–Kier alpha value is -3.32. The summed E-state index contributed by atoms with van der Waals surface area (Å²) < 4.78 is 0. The number of amidine groups is 1. The molecule has 2 heterocycles. The lowest BCUT2D eigenvalue weighted by molar-refractivity contribution is -0.117. The first-order valence-corrected chi connectivity index (χ1v) is 10.7. The number of benzene rings is 2. The Labute approximate surface area is 179 Å². The molecule has 0 bridgehead atoms. The van der Waals surface area contributed by atoms with E-state index >= 15 is 0 Å². The molecule has 1 amide bonds. The van der Waals surface area contributed by atoms with Crippen LogP contribution in [0.2, 0.25) is 0 Å². The second kappa shape index (κ2) is 9.45. The van der Waals surface area contributed by atoms with Gasteiger partial charge in [0.2, 0.25) is 5.91 Å². The van der Waals surface area contributed by atoms with Gasteiger partial charge in [0.25, 0.3) is 0 Å². The normalized spacial score (nSPS) is 15.4. The van der Waals surface area contributed by atoms with E-state index in [-0.39, 0.29) is 17.6 Å². The van der Waals surface area contributed by atoms with E-state index in [0.29, 0.717) is 11.0 Å². The molecule has 1 N–H and O–H groups in total. The summed E-state index contributed by atoms with van der Waals surface area (Å²) in [6.45, 7) is 2.07. The summed E-state index contributed by atoms with van der Waals surface area (Å²) in [6, 6.07) is 19.5. The van der Waals surface area contributed by atoms with Gasteiger partial charge in [0.15, 0.2) is 5.16 Å². The van der Waals surface area contributed by atoms with E-state index in [2.05, 4.69) is 22.2 Å². The highest BCUT2D eigenvalue weighted by atomic mass is 32.2. The summed E-state index contributed by atoms with van der Waals surface area (Å²) >= 11 is 1.29. The highest BCUT2D eigenvalue weighted by Gasteiger charge is 2.27. The van der Waals surface area contributed by atoms with Gasteiger partial charge in [0.1, 0.15) is 5.84 Å². The van der Waals surface area contributed by atoms with Crippen LogP contribution in [0.5, 0.6) is 0 Å². The van der Waals surface area contributed by atoms with Crippen molar-refractivity contribution in [1.29, 1.82) is 0 Å². The summed E-state index contributed by atoms with van der Waals surface area (Å²) in [5.74, 6) is 0.420. The number of nitrogens with zero attached hydrogens (tertiary/aromatic N) is 4. The fraction of sp³-hybridized carbons (Fsp3) is 0.174. The summed E-state index contributed by atoms with van der Waals surface area (Å²) in [5, 5.41) is 3.60. The van der Waals surface area contributed by atoms with Crippen LogP contribution in [0.3, 0.4) is 0 Å². The molecule has 1 aromatic heterocycles. The van der Waals surface area contributed by atoms with Crippen LogP contribution in [-0.2, 0) is 4.79 Å². The summed E-state index contributed by atoms with van der Waals surface area (Å²) in [6.07, 6.45) is 4.07. The van der Waals surface area contributed by atoms with Crippen molar-refractivity contribution in [1.82, 2.24) is 15.3 Å². The van der Waals surface area contributed by atoms with Crippen LogP contribution in [-0.4, -0.2) is 33.2 Å². The van der Waals surface area contributed by atoms with Gasteiger partial charge < -0.3 is 5.32 Å². The van der Waals surface area contributed by atoms with Crippen LogP contribution in [0, 0.1) is 0 Å². The van der Waals surface area contributed by atoms with E-state index in [0.717, 1.165) is 29.1 Å². The molecule has 4 rings (SSSR count). The zero-order valence-electron chi connectivity index (χ0n) is 16.5. The van der Waals surface area contributed by atoms with Crippen LogP contribution >= 0.6 is 11.8 Å². The predicted molar refractivity (Wildman–Crippen MR) is 121 cm³/mol. The molecule has 0 fully saturated rings. The van der Waals surface area contributed by atoms with Crippen molar-refractivity contribution >= 4 is 40.6 Å². The first-order chi connectivity index (χ1) is 14.7. The fourth-order valence-electron chi connectivity index (χ4n) is 3.27. The third-order valence-electron chi connectivity index (χ3n) is 4.63. The SMILES string of the molecule is CCC1=Nc2ccccc2N=C(NC(=O)CSc2ncccn2)[C@H]1c1ccccc1. The van der Waals surface area contributed by atoms with Gasteiger partial charge in [-0.2, -0.15) is 0 Å². The second-order valence-electron chi connectivity index (χ2n) is 6.65. The average Bonchev–Trinajstić information content (AvgIpc) is 2.95. The van der Waals surface area contributed by atoms with Crippen LogP contribution in [0.4, 0.5) is 11.4 Å². The van der Waals surface area contributed by atoms with Crippen molar-refractivity contribution in [2.24, 2.45) is 9.98 Å². The van der Waals surface area contributed by atoms with Gasteiger partial charge in [-0.25, -0.2) is 15.0 Å². The Morgan fingerprint density at radius 1 is 0.933 bits per heavy atom. The highest BCUT2D eigenvalue weighted by Crippen LogP contribution is 2.35. The number of aliphatic imine (C=N–C) groups is 2. The molecule has 0 spiro atoms. The Bertz CT molecular complexity index is 1080. The van der Waals surface area contributed by atoms with Gasteiger partial charge in [-0.3, -0.25) is 9.79 Å². The van der Waals surface area contributed by atoms with Crippen LogP contribution in [0.25, 0.3) is 0 Å². The summed E-state index contributed by atoms with van der Waals surface area (Å²) in [5.41, 5.74) is 3.57. The largest absolute Gasteiger partial charge is 0.313 e. The molecule has 150 valence electrons. The van der Waals surface area contributed by atoms with Crippen molar-refractivity contribution in [3.8, 4) is 0 Å². The molecule has 0 unspecified atom stereocenters. The molecular weight excluding hydrogens is 394 g/mol. The van der Waals surface area contributed by atoms with Crippen molar-refractivity contribution in [3.05, 3.63) is 78.6 Å². The topological polar surface area (TPSA) is 79.6 Å². The van der Waals surface area contributed by atoms with E-state index in [1.807, 2.05) is 54.6 Å². The van der Waals surface area contributed by atoms with Gasteiger partial charge in [-0.05, 0) is 30.2 Å². The van der Waals surface area contributed by atoms with Gasteiger partial charge in [0.05, 0.1) is 23.0 Å². The van der Waals surface area contributed by atoms with Crippen LogP contribution < -0.4 is 5.32 Å². The Morgan fingerprint density at radius 2 is 1.60 bits per heavy atom. The molecule has 0 saturated carbocycles. The summed E-state index contributed by atoms with van der Waals surface area (Å²) in [4.78, 5) is 30.8. The molecule has 3 aromatic rings. The van der Waals surface area contributed by atoms with Crippen LogP contribution in [0.1, 0.15) is 24.8 Å². The molecule has 1 aliphatic heterocycles. The molecule has 30 heavy (non-hydrogen) atoms. The molecule has 2 aromatic carbocycles. The summed E-state index contributed by atoms with van der Waals surface area (Å²) in [7, 11) is 0. The standard InChI is InChI=1S/C23H21N5OS/c1-2-17-21(16-9-4-3-5-10-16)22(27-19-12-7-6-11-18(19)26-17)28-20(29)15-30-23-24-13-8-14-25-23/h3-14,21H,2,15H2,1H3,(H,27,28,29)/t21-/m0/s1. The number of nitrogens with one attached hydrogen (secondary N) is 1. The third kappa shape index (κ3) is 4.63. The van der Waals surface area contributed by atoms with Gasteiger partial charge in [-0.1, -0.05) is 61.2 Å². The number of fused-ring (bicyclic) bond motifs is 1. The zero-order chi connectivity index (χ0) is 20.8. The van der Waals surface area contributed by atoms with Gasteiger partial charge >= 0.3 is 0 Å². The van der Waals surface area contributed by atoms with E-state index in [9.17, 15) is 4.79 Å².